The highest BCUT2D eigenvalue weighted by Crippen LogP contribution is 2.27. The fraction of sp³-hybridized carbons (Fsp3) is 0.333. The molecule has 0 aliphatic heterocycles. The van der Waals surface area contributed by atoms with Crippen molar-refractivity contribution in [1.82, 2.24) is 0 Å². The van der Waals surface area contributed by atoms with Crippen molar-refractivity contribution >= 4 is 16.9 Å². The lowest BCUT2D eigenvalue weighted by molar-refractivity contribution is -0.155. The van der Waals surface area contributed by atoms with Crippen molar-refractivity contribution in [3.05, 3.63) is 64.0 Å². The van der Waals surface area contributed by atoms with E-state index < -0.39 is 12.1 Å². The van der Waals surface area contributed by atoms with Crippen molar-refractivity contribution in [2.45, 2.75) is 53.2 Å². The summed E-state index contributed by atoms with van der Waals surface area (Å²) in [4.78, 5) is 24.9. The Morgan fingerprint density at radius 3 is 2.57 bits per heavy atom. The first kappa shape index (κ1) is 21.4. The number of fused-ring (bicyclic) bond motifs is 1. The van der Waals surface area contributed by atoms with E-state index in [9.17, 15) is 9.59 Å². The number of esters is 1. The summed E-state index contributed by atoms with van der Waals surface area (Å²) >= 11 is 0. The maximum absolute atomic E-state index is 12.8. The van der Waals surface area contributed by atoms with Gasteiger partial charge in [0.15, 0.2) is 6.10 Å². The van der Waals surface area contributed by atoms with Gasteiger partial charge in [-0.05, 0) is 63.4 Å². The number of hydrogen-bond donors (Lipinski definition) is 0. The SMILES string of the molecule is CC[C@@H](C)OC(=O)[C@H](C)Oc1ccc2c(=O)c(Oc3cc(C)ccc3C)coc2c1. The predicted octanol–water partition coefficient (Wildman–Crippen LogP) is 5.31. The van der Waals surface area contributed by atoms with Crippen molar-refractivity contribution in [1.29, 1.82) is 0 Å². The van der Waals surface area contributed by atoms with Crippen LogP contribution in [0.2, 0.25) is 0 Å². The second-order valence-corrected chi connectivity index (χ2v) is 7.37. The summed E-state index contributed by atoms with van der Waals surface area (Å²) in [5.74, 6) is 0.677. The quantitative estimate of drug-likeness (QED) is 0.491. The highest BCUT2D eigenvalue weighted by Gasteiger charge is 2.19. The summed E-state index contributed by atoms with van der Waals surface area (Å²) in [6, 6.07) is 10.6. The van der Waals surface area contributed by atoms with Gasteiger partial charge in [0.2, 0.25) is 11.2 Å². The third-order valence-corrected chi connectivity index (χ3v) is 4.82. The van der Waals surface area contributed by atoms with E-state index in [-0.39, 0.29) is 17.3 Å². The van der Waals surface area contributed by atoms with Crippen LogP contribution < -0.4 is 14.9 Å². The summed E-state index contributed by atoms with van der Waals surface area (Å²) < 4.78 is 22.3. The third-order valence-electron chi connectivity index (χ3n) is 4.82. The van der Waals surface area contributed by atoms with Crippen LogP contribution in [0.4, 0.5) is 0 Å². The molecule has 6 heteroatoms. The van der Waals surface area contributed by atoms with Gasteiger partial charge in [-0.3, -0.25) is 4.79 Å². The van der Waals surface area contributed by atoms with Crippen molar-refractivity contribution in [2.75, 3.05) is 0 Å². The van der Waals surface area contributed by atoms with Crippen molar-refractivity contribution in [2.24, 2.45) is 0 Å². The lowest BCUT2D eigenvalue weighted by Gasteiger charge is -2.17. The molecule has 0 radical (unpaired) electrons. The van der Waals surface area contributed by atoms with Crippen LogP contribution in [0, 0.1) is 13.8 Å². The van der Waals surface area contributed by atoms with Crippen LogP contribution in [0.25, 0.3) is 11.0 Å². The number of rotatable bonds is 7. The first-order valence-electron chi connectivity index (χ1n) is 9.96. The summed E-state index contributed by atoms with van der Waals surface area (Å²) in [6.07, 6.45) is 1.06. The Balaban J connectivity index is 1.81. The molecular formula is C24H26O6. The fourth-order valence-electron chi connectivity index (χ4n) is 2.80. The van der Waals surface area contributed by atoms with E-state index in [1.54, 1.807) is 25.1 Å². The predicted molar refractivity (Wildman–Crippen MR) is 114 cm³/mol. The molecule has 2 aromatic carbocycles. The van der Waals surface area contributed by atoms with Crippen LogP contribution in [0.15, 0.2) is 51.9 Å². The lowest BCUT2D eigenvalue weighted by atomic mass is 10.1. The molecule has 3 rings (SSSR count). The summed E-state index contributed by atoms with van der Waals surface area (Å²) in [7, 11) is 0. The molecule has 3 aromatic rings. The van der Waals surface area contributed by atoms with Crippen LogP contribution >= 0.6 is 0 Å². The third kappa shape index (κ3) is 4.82. The molecule has 0 fully saturated rings. The molecular weight excluding hydrogens is 384 g/mol. The molecule has 6 nitrogen and oxygen atoms in total. The molecule has 1 aromatic heterocycles. The van der Waals surface area contributed by atoms with E-state index in [4.69, 9.17) is 18.6 Å². The van der Waals surface area contributed by atoms with Gasteiger partial charge in [0.1, 0.15) is 23.3 Å². The van der Waals surface area contributed by atoms with Gasteiger partial charge in [-0.15, -0.1) is 0 Å². The van der Waals surface area contributed by atoms with E-state index in [0.717, 1.165) is 17.5 Å². The van der Waals surface area contributed by atoms with Gasteiger partial charge in [0.05, 0.1) is 11.5 Å². The molecule has 0 amide bonds. The summed E-state index contributed by atoms with van der Waals surface area (Å²) in [5, 5.41) is 0.361. The van der Waals surface area contributed by atoms with Crippen LogP contribution in [-0.2, 0) is 9.53 Å². The molecule has 0 saturated heterocycles. The number of aryl methyl sites for hydroxylation is 2. The minimum atomic E-state index is -0.782. The van der Waals surface area contributed by atoms with Gasteiger partial charge in [0, 0.05) is 6.07 Å². The zero-order chi connectivity index (χ0) is 21.8. The van der Waals surface area contributed by atoms with Gasteiger partial charge >= 0.3 is 5.97 Å². The molecule has 1 heterocycles. The van der Waals surface area contributed by atoms with E-state index in [0.29, 0.717) is 22.5 Å². The van der Waals surface area contributed by atoms with Crippen LogP contribution in [0.5, 0.6) is 17.2 Å². The van der Waals surface area contributed by atoms with E-state index in [1.165, 1.54) is 6.26 Å². The zero-order valence-electron chi connectivity index (χ0n) is 17.9. The summed E-state index contributed by atoms with van der Waals surface area (Å²) in [5.41, 5.74) is 2.01. The van der Waals surface area contributed by atoms with Crippen LogP contribution in [-0.4, -0.2) is 18.2 Å². The second kappa shape index (κ2) is 9.03. The minimum absolute atomic E-state index is 0.107. The second-order valence-electron chi connectivity index (χ2n) is 7.37. The summed E-state index contributed by atoms with van der Waals surface area (Å²) in [6.45, 7) is 9.25. The molecule has 0 bridgehead atoms. The Morgan fingerprint density at radius 1 is 1.07 bits per heavy atom. The molecule has 158 valence electrons. The minimum Gasteiger partial charge on any atom is -0.479 e. The van der Waals surface area contributed by atoms with Crippen molar-refractivity contribution in [3.8, 4) is 17.2 Å². The van der Waals surface area contributed by atoms with Crippen LogP contribution in [0.1, 0.15) is 38.3 Å². The van der Waals surface area contributed by atoms with Gasteiger partial charge in [0.25, 0.3) is 0 Å². The Bertz CT molecular complexity index is 1110. The van der Waals surface area contributed by atoms with Gasteiger partial charge in [-0.1, -0.05) is 19.1 Å². The van der Waals surface area contributed by atoms with Gasteiger partial charge < -0.3 is 18.6 Å². The molecule has 0 aliphatic carbocycles. The average Bonchev–Trinajstić information content (AvgIpc) is 2.72. The standard InChI is InChI=1S/C24H26O6/c1-6-16(4)28-24(26)17(5)29-18-9-10-19-21(12-18)27-13-22(23(19)25)30-20-11-14(2)7-8-15(20)3/h7-13,16-17H,6H2,1-5H3/t16-,17+/m1/s1. The van der Waals surface area contributed by atoms with Crippen LogP contribution in [0.3, 0.4) is 0 Å². The molecule has 0 unspecified atom stereocenters. The maximum atomic E-state index is 12.8. The first-order valence-corrected chi connectivity index (χ1v) is 9.96. The zero-order valence-corrected chi connectivity index (χ0v) is 17.9. The van der Waals surface area contributed by atoms with Gasteiger partial charge in [-0.2, -0.15) is 0 Å². The normalized spacial score (nSPS) is 13.0. The molecule has 0 saturated carbocycles. The van der Waals surface area contributed by atoms with E-state index in [2.05, 4.69) is 0 Å². The molecule has 0 aliphatic rings. The number of carbonyl (C=O) groups is 1. The monoisotopic (exact) mass is 410 g/mol. The molecule has 2 atom stereocenters. The molecule has 0 spiro atoms. The molecule has 0 N–H and O–H groups in total. The van der Waals surface area contributed by atoms with Crippen molar-refractivity contribution in [3.63, 3.8) is 0 Å². The topological polar surface area (TPSA) is 75.0 Å². The largest absolute Gasteiger partial charge is 0.479 e. The smallest absolute Gasteiger partial charge is 0.347 e. The first-order chi connectivity index (χ1) is 14.3. The van der Waals surface area contributed by atoms with Gasteiger partial charge in [-0.25, -0.2) is 4.79 Å². The molecule has 30 heavy (non-hydrogen) atoms. The van der Waals surface area contributed by atoms with E-state index in [1.807, 2.05) is 45.9 Å². The fourth-order valence-corrected chi connectivity index (χ4v) is 2.80. The Morgan fingerprint density at radius 2 is 1.83 bits per heavy atom. The Hall–Kier alpha value is -3.28. The van der Waals surface area contributed by atoms with E-state index >= 15 is 0 Å². The number of benzene rings is 2. The Labute approximate surface area is 175 Å². The highest BCUT2D eigenvalue weighted by atomic mass is 16.6. The number of carbonyl (C=O) groups excluding carboxylic acids is 1. The average molecular weight is 410 g/mol. The number of hydrogen-bond acceptors (Lipinski definition) is 6. The maximum Gasteiger partial charge on any atom is 0.347 e. The van der Waals surface area contributed by atoms with Crippen molar-refractivity contribution < 1.29 is 23.4 Å². The highest BCUT2D eigenvalue weighted by molar-refractivity contribution is 5.79. The number of ether oxygens (including phenoxy) is 3. The Kier molecular flexibility index (Phi) is 6.45. The lowest BCUT2D eigenvalue weighted by Crippen LogP contribution is -2.29.